The van der Waals surface area contributed by atoms with E-state index in [9.17, 15) is 0 Å². The quantitative estimate of drug-likeness (QED) is 0.342. The molecule has 0 spiro atoms. The first-order valence-electron chi connectivity index (χ1n) is 7.56. The Morgan fingerprint density at radius 3 is 2.50 bits per heavy atom. The van der Waals surface area contributed by atoms with Gasteiger partial charge in [-0.15, -0.1) is 9.36 Å². The average molecular weight is 288 g/mol. The molecule has 3 heteroatoms. The molecule has 0 radical (unpaired) electrons. The molecule has 0 bridgehead atoms. The SMILES string of the molecule is [C-]#[N+]c1cccc2c[n+]3n(c12)-c1c(C)c(C)c(C)c(C)c1C3. The van der Waals surface area contributed by atoms with Gasteiger partial charge in [-0.25, -0.2) is 4.85 Å². The molecule has 1 aliphatic rings. The van der Waals surface area contributed by atoms with Crippen LogP contribution in [0.4, 0.5) is 5.69 Å². The smallest absolute Gasteiger partial charge is 0.217 e. The topological polar surface area (TPSA) is 13.2 Å². The maximum absolute atomic E-state index is 7.49. The van der Waals surface area contributed by atoms with Crippen molar-refractivity contribution in [2.24, 2.45) is 0 Å². The maximum Gasteiger partial charge on any atom is 0.217 e. The summed E-state index contributed by atoms with van der Waals surface area (Å²) in [4.78, 5) is 3.73. The zero-order valence-electron chi connectivity index (χ0n) is 13.4. The molecule has 0 fully saturated rings. The molecule has 22 heavy (non-hydrogen) atoms. The Bertz CT molecular complexity index is 1000. The Kier molecular flexibility index (Phi) is 2.50. The largest absolute Gasteiger partial charge is 0.236 e. The van der Waals surface area contributed by atoms with Crippen LogP contribution in [-0.2, 0) is 6.54 Å². The number of nitrogens with zero attached hydrogens (tertiary/aromatic N) is 3. The van der Waals surface area contributed by atoms with Gasteiger partial charge in [-0.05, 0) is 56.0 Å². The summed E-state index contributed by atoms with van der Waals surface area (Å²) in [5.74, 6) is 0. The highest BCUT2D eigenvalue weighted by molar-refractivity contribution is 5.92. The maximum atomic E-state index is 7.49. The first-order valence-corrected chi connectivity index (χ1v) is 7.56. The molecule has 0 amide bonds. The van der Waals surface area contributed by atoms with E-state index in [1.165, 1.54) is 33.5 Å². The van der Waals surface area contributed by atoms with Crippen molar-refractivity contribution in [3.05, 3.63) is 63.6 Å². The zero-order chi connectivity index (χ0) is 15.6. The van der Waals surface area contributed by atoms with Gasteiger partial charge in [0.1, 0.15) is 11.2 Å². The second kappa shape index (κ2) is 4.20. The van der Waals surface area contributed by atoms with Crippen LogP contribution < -0.4 is 4.68 Å². The van der Waals surface area contributed by atoms with Crippen molar-refractivity contribution in [3.8, 4) is 5.69 Å². The lowest BCUT2D eigenvalue weighted by Gasteiger charge is -2.13. The van der Waals surface area contributed by atoms with Gasteiger partial charge < -0.3 is 0 Å². The van der Waals surface area contributed by atoms with Crippen LogP contribution in [0.25, 0.3) is 21.4 Å². The van der Waals surface area contributed by atoms with E-state index in [0.717, 1.165) is 23.1 Å². The van der Waals surface area contributed by atoms with E-state index in [1.54, 1.807) is 0 Å². The number of benzene rings is 2. The van der Waals surface area contributed by atoms with E-state index >= 15 is 0 Å². The van der Waals surface area contributed by atoms with Crippen LogP contribution in [0.15, 0.2) is 24.4 Å². The zero-order valence-corrected chi connectivity index (χ0v) is 13.4. The molecule has 3 nitrogen and oxygen atoms in total. The Balaban J connectivity index is 2.20. The molecule has 0 unspecified atom stereocenters. The molecule has 2 heterocycles. The molecule has 4 rings (SSSR count). The highest BCUT2D eigenvalue weighted by Crippen LogP contribution is 2.36. The van der Waals surface area contributed by atoms with Gasteiger partial charge in [-0.2, -0.15) is 0 Å². The number of hydrogen-bond acceptors (Lipinski definition) is 0. The van der Waals surface area contributed by atoms with Crippen molar-refractivity contribution in [1.29, 1.82) is 0 Å². The summed E-state index contributed by atoms with van der Waals surface area (Å²) >= 11 is 0. The van der Waals surface area contributed by atoms with E-state index in [1.807, 2.05) is 12.1 Å². The predicted octanol–water partition coefficient (Wildman–Crippen LogP) is 4.06. The van der Waals surface area contributed by atoms with Gasteiger partial charge in [0.05, 0.1) is 17.5 Å². The van der Waals surface area contributed by atoms with Gasteiger partial charge in [0.15, 0.2) is 6.54 Å². The van der Waals surface area contributed by atoms with E-state index in [-0.39, 0.29) is 0 Å². The Hall–Kier alpha value is -2.60. The van der Waals surface area contributed by atoms with Crippen LogP contribution in [0.5, 0.6) is 0 Å². The second-order valence-electron chi connectivity index (χ2n) is 6.19. The third-order valence-electron chi connectivity index (χ3n) is 5.24. The molecular weight excluding hydrogens is 270 g/mol. The van der Waals surface area contributed by atoms with E-state index in [4.69, 9.17) is 6.57 Å². The normalized spacial score (nSPS) is 12.3. The van der Waals surface area contributed by atoms with Crippen molar-refractivity contribution in [2.45, 2.75) is 34.2 Å². The Morgan fingerprint density at radius 2 is 1.77 bits per heavy atom. The lowest BCUT2D eigenvalue weighted by molar-refractivity contribution is -0.749. The van der Waals surface area contributed by atoms with Crippen molar-refractivity contribution in [3.63, 3.8) is 0 Å². The van der Waals surface area contributed by atoms with E-state index < -0.39 is 0 Å². The average Bonchev–Trinajstić information content (AvgIpc) is 3.06. The fourth-order valence-electron chi connectivity index (χ4n) is 3.69. The summed E-state index contributed by atoms with van der Waals surface area (Å²) in [5, 5.41) is 1.13. The number of hydrogen-bond donors (Lipinski definition) is 0. The van der Waals surface area contributed by atoms with Crippen molar-refractivity contribution in [1.82, 2.24) is 4.68 Å². The number of para-hydroxylation sites is 1. The van der Waals surface area contributed by atoms with Gasteiger partial charge in [0.25, 0.3) is 0 Å². The van der Waals surface area contributed by atoms with Crippen LogP contribution in [0.1, 0.15) is 27.8 Å². The Morgan fingerprint density at radius 1 is 1.05 bits per heavy atom. The molecule has 3 aromatic rings. The number of aromatic nitrogens is 2. The van der Waals surface area contributed by atoms with E-state index in [0.29, 0.717) is 0 Å². The van der Waals surface area contributed by atoms with Crippen molar-refractivity contribution >= 4 is 16.6 Å². The first kappa shape index (κ1) is 13.1. The monoisotopic (exact) mass is 288 g/mol. The van der Waals surface area contributed by atoms with Crippen LogP contribution in [0.3, 0.4) is 0 Å². The van der Waals surface area contributed by atoms with Gasteiger partial charge in [0, 0.05) is 0 Å². The first-order chi connectivity index (χ1) is 10.5. The predicted molar refractivity (Wildman–Crippen MR) is 87.8 cm³/mol. The lowest BCUT2D eigenvalue weighted by atomic mass is 9.92. The van der Waals surface area contributed by atoms with Crippen LogP contribution in [-0.4, -0.2) is 4.68 Å². The molecule has 0 N–H and O–H groups in total. The molecule has 0 atom stereocenters. The van der Waals surface area contributed by atoms with Gasteiger partial charge in [-0.3, -0.25) is 0 Å². The van der Waals surface area contributed by atoms with Crippen molar-refractivity contribution < 1.29 is 4.68 Å². The summed E-state index contributed by atoms with van der Waals surface area (Å²) in [5.41, 5.74) is 9.85. The Labute approximate surface area is 130 Å². The third-order valence-corrected chi connectivity index (χ3v) is 5.24. The highest BCUT2D eigenvalue weighted by atomic mass is 15.4. The van der Waals surface area contributed by atoms with Crippen LogP contribution in [0, 0.1) is 34.3 Å². The molecule has 108 valence electrons. The van der Waals surface area contributed by atoms with Crippen molar-refractivity contribution in [2.75, 3.05) is 0 Å². The lowest BCUT2D eigenvalue weighted by Crippen LogP contribution is -2.36. The summed E-state index contributed by atoms with van der Waals surface area (Å²) < 4.78 is 4.48. The van der Waals surface area contributed by atoms with Gasteiger partial charge >= 0.3 is 0 Å². The van der Waals surface area contributed by atoms with Gasteiger partial charge in [-0.1, -0.05) is 12.1 Å². The fraction of sp³-hybridized carbons (Fsp3) is 0.263. The molecule has 0 saturated heterocycles. The van der Waals surface area contributed by atoms with E-state index in [2.05, 4.69) is 54.2 Å². The molecule has 1 aliphatic heterocycles. The summed E-state index contributed by atoms with van der Waals surface area (Å²) in [6.07, 6.45) is 2.16. The standard InChI is InChI=1S/C19H18N3/c1-11-12(2)14(4)18-16(13(11)3)10-21-9-15-7-6-8-17(20-5)19(15)22(18)21/h6-9H,10H2,1-4H3/q+1. The van der Waals surface area contributed by atoms with Gasteiger partial charge in [0.2, 0.25) is 11.9 Å². The highest BCUT2D eigenvalue weighted by Gasteiger charge is 2.33. The summed E-state index contributed by atoms with van der Waals surface area (Å²) in [6.45, 7) is 17.2. The number of rotatable bonds is 0. The molecule has 1 aromatic heterocycles. The minimum Gasteiger partial charge on any atom is -0.236 e. The minimum atomic E-state index is 0.722. The van der Waals surface area contributed by atoms with Crippen LogP contribution >= 0.6 is 0 Å². The summed E-state index contributed by atoms with van der Waals surface area (Å²) in [6, 6.07) is 5.96. The molecule has 0 saturated carbocycles. The number of fused-ring (bicyclic) bond motifs is 5. The molecule has 0 aliphatic carbocycles. The summed E-state index contributed by atoms with van der Waals surface area (Å²) in [7, 11) is 0. The fourth-order valence-corrected chi connectivity index (χ4v) is 3.69. The second-order valence-corrected chi connectivity index (χ2v) is 6.19. The minimum absolute atomic E-state index is 0.722. The van der Waals surface area contributed by atoms with Crippen LogP contribution in [0.2, 0.25) is 0 Å². The molecular formula is C19H18N3+. The molecule has 2 aromatic carbocycles. The third kappa shape index (κ3) is 1.42.